The molecule has 100 valence electrons. The van der Waals surface area contributed by atoms with E-state index in [0.29, 0.717) is 4.47 Å². The van der Waals surface area contributed by atoms with E-state index in [9.17, 15) is 4.79 Å². The molecule has 5 heteroatoms. The normalized spacial score (nSPS) is 10.3. The van der Waals surface area contributed by atoms with Crippen LogP contribution in [-0.2, 0) is 0 Å². The average molecular weight is 316 g/mol. The van der Waals surface area contributed by atoms with Crippen LogP contribution in [0.2, 0.25) is 0 Å². The smallest absolute Gasteiger partial charge is 0.336 e. The van der Waals surface area contributed by atoms with Gasteiger partial charge in [0, 0.05) is 23.3 Å². The summed E-state index contributed by atoms with van der Waals surface area (Å²) in [4.78, 5) is 10.8. The average Bonchev–Trinajstić information content (AvgIpc) is 2.33. The molecule has 0 amide bonds. The molecule has 1 rings (SSSR count). The summed E-state index contributed by atoms with van der Waals surface area (Å²) in [6, 6.07) is 5.12. The number of aliphatic hydroxyl groups is 1. The van der Waals surface area contributed by atoms with Crippen molar-refractivity contribution in [1.29, 1.82) is 0 Å². The van der Waals surface area contributed by atoms with Gasteiger partial charge in [0.1, 0.15) is 0 Å². The number of halogens is 1. The molecule has 0 fully saturated rings. The number of carboxylic acid groups (broad SMARTS) is 1. The van der Waals surface area contributed by atoms with Gasteiger partial charge < -0.3 is 15.5 Å². The maximum atomic E-state index is 10.8. The molecule has 1 aromatic rings. The van der Waals surface area contributed by atoms with E-state index in [2.05, 4.69) is 21.2 Å². The molecule has 0 aliphatic heterocycles. The molecule has 0 saturated carbocycles. The summed E-state index contributed by atoms with van der Waals surface area (Å²) in [5.74, 6) is -0.933. The quantitative estimate of drug-likeness (QED) is 0.645. The highest BCUT2D eigenvalue weighted by atomic mass is 79.9. The Morgan fingerprint density at radius 2 is 1.94 bits per heavy atom. The second-order valence-electron chi connectivity index (χ2n) is 4.06. The predicted molar refractivity (Wildman–Crippen MR) is 75.1 cm³/mol. The minimum Gasteiger partial charge on any atom is -0.478 e. The Hall–Kier alpha value is -1.07. The molecule has 0 bridgehead atoms. The molecule has 4 nitrogen and oxygen atoms in total. The second kappa shape index (κ2) is 8.11. The van der Waals surface area contributed by atoms with Gasteiger partial charge >= 0.3 is 5.97 Å². The summed E-state index contributed by atoms with van der Waals surface area (Å²) >= 11 is 3.24. The van der Waals surface area contributed by atoms with Crippen LogP contribution in [0, 0.1) is 0 Å². The van der Waals surface area contributed by atoms with Gasteiger partial charge in [0.15, 0.2) is 0 Å². The standard InChI is InChI=1S/C13H18BrNO3/c14-12-9-10(5-6-11(12)13(17)18)15-7-3-1-2-4-8-16/h5-6,9,15-16H,1-4,7-8H2,(H,17,18). The maximum absolute atomic E-state index is 10.8. The van der Waals surface area contributed by atoms with Crippen molar-refractivity contribution in [3.63, 3.8) is 0 Å². The Balaban J connectivity index is 2.35. The molecular weight excluding hydrogens is 298 g/mol. The molecule has 0 saturated heterocycles. The Bertz CT molecular complexity index is 396. The van der Waals surface area contributed by atoms with Crippen LogP contribution >= 0.6 is 15.9 Å². The van der Waals surface area contributed by atoms with Gasteiger partial charge in [-0.05, 0) is 47.0 Å². The van der Waals surface area contributed by atoms with Crippen molar-refractivity contribution in [2.24, 2.45) is 0 Å². The van der Waals surface area contributed by atoms with Gasteiger partial charge in [0.05, 0.1) is 5.56 Å². The van der Waals surface area contributed by atoms with Gasteiger partial charge in [-0.15, -0.1) is 0 Å². The molecule has 0 atom stereocenters. The van der Waals surface area contributed by atoms with Crippen molar-refractivity contribution in [3.05, 3.63) is 28.2 Å². The van der Waals surface area contributed by atoms with Crippen LogP contribution in [0.25, 0.3) is 0 Å². The monoisotopic (exact) mass is 315 g/mol. The van der Waals surface area contributed by atoms with Crippen LogP contribution in [0.15, 0.2) is 22.7 Å². The number of carbonyl (C=O) groups is 1. The van der Waals surface area contributed by atoms with Crippen molar-refractivity contribution in [2.45, 2.75) is 25.7 Å². The van der Waals surface area contributed by atoms with E-state index in [1.807, 2.05) is 0 Å². The second-order valence-corrected chi connectivity index (χ2v) is 4.92. The minimum atomic E-state index is -0.933. The Labute approximate surface area is 115 Å². The first-order valence-corrected chi connectivity index (χ1v) is 6.82. The predicted octanol–water partition coefficient (Wildman–Crippen LogP) is 3.11. The number of benzene rings is 1. The lowest BCUT2D eigenvalue weighted by atomic mass is 10.2. The van der Waals surface area contributed by atoms with Gasteiger partial charge in [-0.25, -0.2) is 4.79 Å². The first-order chi connectivity index (χ1) is 8.65. The van der Waals surface area contributed by atoms with Gasteiger partial charge in [-0.2, -0.15) is 0 Å². The van der Waals surface area contributed by atoms with Crippen molar-refractivity contribution in [2.75, 3.05) is 18.5 Å². The molecule has 1 aromatic carbocycles. The van der Waals surface area contributed by atoms with Crippen LogP contribution in [0.3, 0.4) is 0 Å². The van der Waals surface area contributed by atoms with Gasteiger partial charge in [0.2, 0.25) is 0 Å². The number of unbranched alkanes of at least 4 members (excludes halogenated alkanes) is 3. The number of rotatable bonds is 8. The third kappa shape index (κ3) is 5.06. The van der Waals surface area contributed by atoms with E-state index in [4.69, 9.17) is 10.2 Å². The van der Waals surface area contributed by atoms with Crippen LogP contribution in [0.1, 0.15) is 36.0 Å². The number of hydrogen-bond acceptors (Lipinski definition) is 3. The zero-order valence-corrected chi connectivity index (χ0v) is 11.7. The molecule has 0 unspecified atom stereocenters. The topological polar surface area (TPSA) is 69.6 Å². The molecule has 0 aromatic heterocycles. The number of aromatic carboxylic acids is 1. The van der Waals surface area contributed by atoms with E-state index < -0.39 is 5.97 Å². The molecule has 0 aliphatic rings. The van der Waals surface area contributed by atoms with Crippen molar-refractivity contribution >= 4 is 27.6 Å². The largest absolute Gasteiger partial charge is 0.478 e. The number of aliphatic hydroxyl groups excluding tert-OH is 1. The molecule has 18 heavy (non-hydrogen) atoms. The van der Waals surface area contributed by atoms with Crippen LogP contribution in [0.5, 0.6) is 0 Å². The van der Waals surface area contributed by atoms with Crippen LogP contribution in [0.4, 0.5) is 5.69 Å². The first-order valence-electron chi connectivity index (χ1n) is 6.02. The Kier molecular flexibility index (Phi) is 6.75. The van der Waals surface area contributed by atoms with Gasteiger partial charge in [-0.1, -0.05) is 12.8 Å². The van der Waals surface area contributed by atoms with Crippen molar-refractivity contribution in [1.82, 2.24) is 0 Å². The van der Waals surface area contributed by atoms with Crippen molar-refractivity contribution < 1.29 is 15.0 Å². The summed E-state index contributed by atoms with van der Waals surface area (Å²) in [5.41, 5.74) is 1.18. The highest BCUT2D eigenvalue weighted by Gasteiger charge is 2.07. The van der Waals surface area contributed by atoms with E-state index in [1.165, 1.54) is 0 Å². The van der Waals surface area contributed by atoms with Crippen LogP contribution in [-0.4, -0.2) is 29.3 Å². The zero-order chi connectivity index (χ0) is 13.4. The maximum Gasteiger partial charge on any atom is 0.336 e. The SMILES string of the molecule is O=C(O)c1ccc(NCCCCCCO)cc1Br. The number of carboxylic acids is 1. The first kappa shape index (κ1) is 15.0. The summed E-state index contributed by atoms with van der Waals surface area (Å²) in [7, 11) is 0. The third-order valence-electron chi connectivity index (χ3n) is 2.61. The highest BCUT2D eigenvalue weighted by molar-refractivity contribution is 9.10. The van der Waals surface area contributed by atoms with E-state index in [1.54, 1.807) is 18.2 Å². The van der Waals surface area contributed by atoms with E-state index >= 15 is 0 Å². The molecular formula is C13H18BrNO3. The number of hydrogen-bond donors (Lipinski definition) is 3. The minimum absolute atomic E-state index is 0.261. The van der Waals surface area contributed by atoms with Gasteiger partial charge in [0.25, 0.3) is 0 Å². The fraction of sp³-hybridized carbons (Fsp3) is 0.462. The summed E-state index contributed by atoms with van der Waals surface area (Å²) in [6.07, 6.45) is 4.03. The summed E-state index contributed by atoms with van der Waals surface area (Å²) in [6.45, 7) is 1.11. The van der Waals surface area contributed by atoms with E-state index in [-0.39, 0.29) is 12.2 Å². The molecule has 0 spiro atoms. The lowest BCUT2D eigenvalue weighted by Gasteiger charge is -2.08. The summed E-state index contributed by atoms with van der Waals surface area (Å²) in [5, 5.41) is 20.8. The Morgan fingerprint density at radius 3 is 2.56 bits per heavy atom. The lowest BCUT2D eigenvalue weighted by Crippen LogP contribution is -2.03. The third-order valence-corrected chi connectivity index (χ3v) is 3.27. The van der Waals surface area contributed by atoms with Crippen molar-refractivity contribution in [3.8, 4) is 0 Å². The van der Waals surface area contributed by atoms with Crippen LogP contribution < -0.4 is 5.32 Å². The molecule has 0 radical (unpaired) electrons. The zero-order valence-electron chi connectivity index (χ0n) is 10.2. The fourth-order valence-corrected chi connectivity index (χ4v) is 2.17. The Morgan fingerprint density at radius 1 is 1.22 bits per heavy atom. The molecule has 3 N–H and O–H groups in total. The summed E-state index contributed by atoms with van der Waals surface area (Å²) < 4.78 is 0.584. The molecule has 0 aliphatic carbocycles. The van der Waals surface area contributed by atoms with E-state index in [0.717, 1.165) is 37.9 Å². The number of nitrogens with one attached hydrogen (secondary N) is 1. The lowest BCUT2D eigenvalue weighted by molar-refractivity contribution is 0.0696. The number of anilines is 1. The van der Waals surface area contributed by atoms with Gasteiger partial charge in [-0.3, -0.25) is 0 Å². The fourth-order valence-electron chi connectivity index (χ4n) is 1.62. The highest BCUT2D eigenvalue weighted by Crippen LogP contribution is 2.21. The molecule has 0 heterocycles.